The second-order valence-electron chi connectivity index (χ2n) is 5.37. The van der Waals surface area contributed by atoms with Gasteiger partial charge < -0.3 is 10.2 Å². The molecule has 0 radical (unpaired) electrons. The van der Waals surface area contributed by atoms with E-state index in [1.165, 1.54) is 13.0 Å². The van der Waals surface area contributed by atoms with Crippen molar-refractivity contribution in [2.24, 2.45) is 11.8 Å². The number of hydrogen-bond acceptors (Lipinski definition) is 2. The highest BCUT2D eigenvalue weighted by Crippen LogP contribution is 2.33. The Labute approximate surface area is 131 Å². The second-order valence-corrected chi connectivity index (χ2v) is 6.28. The first-order valence-electron chi connectivity index (χ1n) is 6.73. The van der Waals surface area contributed by atoms with Gasteiger partial charge in [0.1, 0.15) is 0 Å². The lowest BCUT2D eigenvalue weighted by Crippen LogP contribution is -2.43. The van der Waals surface area contributed by atoms with E-state index in [-0.39, 0.29) is 22.4 Å². The van der Waals surface area contributed by atoms with Gasteiger partial charge in [-0.3, -0.25) is 4.79 Å². The minimum atomic E-state index is -4.39. The van der Waals surface area contributed by atoms with Gasteiger partial charge >= 0.3 is 6.18 Å². The van der Waals surface area contributed by atoms with Crippen LogP contribution in [0.15, 0.2) is 22.3 Å². The van der Waals surface area contributed by atoms with Crippen molar-refractivity contribution in [2.45, 2.75) is 26.4 Å². The molecule has 0 saturated carbocycles. The van der Waals surface area contributed by atoms with E-state index in [9.17, 15) is 18.0 Å². The Morgan fingerprint density at radius 3 is 2.62 bits per heavy atom. The highest BCUT2D eigenvalue weighted by molar-refractivity contribution is 9.11. The van der Waals surface area contributed by atoms with Crippen LogP contribution >= 0.6 is 15.9 Å². The first-order valence-corrected chi connectivity index (χ1v) is 7.52. The molecular weight excluding hydrogens is 349 g/mol. The number of nitrogens with zero attached hydrogens (tertiary/aromatic N) is 1. The van der Waals surface area contributed by atoms with E-state index in [1.54, 1.807) is 11.9 Å². The number of amides is 1. The number of nitrogens with one attached hydrogen (secondary N) is 1. The molecule has 0 spiro atoms. The zero-order chi connectivity index (χ0) is 16.2. The first-order chi connectivity index (χ1) is 9.64. The molecule has 0 aromatic rings. The normalized spacial score (nSPS) is 26.3. The molecule has 1 rings (SSSR count). The minimum absolute atomic E-state index is 0.0110. The zero-order valence-corrected chi connectivity index (χ0v) is 13.9. The van der Waals surface area contributed by atoms with Gasteiger partial charge in [-0.15, -0.1) is 0 Å². The van der Waals surface area contributed by atoms with Crippen molar-refractivity contribution in [1.82, 2.24) is 10.2 Å². The molecule has 1 N–H and O–H groups in total. The zero-order valence-electron chi connectivity index (χ0n) is 12.3. The molecule has 2 atom stereocenters. The molecule has 1 aliphatic heterocycles. The Bertz CT molecular complexity index is 446. The summed E-state index contributed by atoms with van der Waals surface area (Å²) in [4.78, 5) is 13.4. The number of piperidine rings is 1. The van der Waals surface area contributed by atoms with Gasteiger partial charge in [0.2, 0.25) is 5.91 Å². The SMILES string of the molecule is CNCC1CC(C)CN(C(C)=O)/C1=C\C(Br)=C\C(F)(F)F. The Hall–Kier alpha value is -0.820. The van der Waals surface area contributed by atoms with Crippen LogP contribution in [0.3, 0.4) is 0 Å². The summed E-state index contributed by atoms with van der Waals surface area (Å²) in [5.41, 5.74) is 0.627. The van der Waals surface area contributed by atoms with Gasteiger partial charge in [0, 0.05) is 42.2 Å². The maximum absolute atomic E-state index is 12.4. The quantitative estimate of drug-likeness (QED) is 0.827. The predicted octanol–water partition coefficient (Wildman–Crippen LogP) is 3.44. The topological polar surface area (TPSA) is 32.3 Å². The molecule has 21 heavy (non-hydrogen) atoms. The molecular formula is C14H20BrF3N2O. The summed E-state index contributed by atoms with van der Waals surface area (Å²) in [6, 6.07) is 0. The lowest BCUT2D eigenvalue weighted by molar-refractivity contribution is -0.128. The maximum Gasteiger partial charge on any atom is 0.410 e. The maximum atomic E-state index is 12.4. The lowest BCUT2D eigenvalue weighted by Gasteiger charge is -2.38. The molecule has 1 aliphatic rings. The second kappa shape index (κ2) is 7.45. The van der Waals surface area contributed by atoms with E-state index in [0.717, 1.165) is 6.42 Å². The predicted molar refractivity (Wildman–Crippen MR) is 79.7 cm³/mol. The number of alkyl halides is 3. The largest absolute Gasteiger partial charge is 0.410 e. The first kappa shape index (κ1) is 18.2. The Morgan fingerprint density at radius 2 is 2.14 bits per heavy atom. The molecule has 1 heterocycles. The fourth-order valence-electron chi connectivity index (χ4n) is 2.60. The summed E-state index contributed by atoms with van der Waals surface area (Å²) in [5.74, 6) is 0.174. The lowest BCUT2D eigenvalue weighted by atomic mass is 9.87. The summed E-state index contributed by atoms with van der Waals surface area (Å²) < 4.78 is 37.1. The fourth-order valence-corrected chi connectivity index (χ4v) is 3.09. The van der Waals surface area contributed by atoms with Crippen LogP contribution in [0.1, 0.15) is 20.3 Å². The van der Waals surface area contributed by atoms with Crippen LogP contribution in [0.4, 0.5) is 13.2 Å². The molecule has 3 nitrogen and oxygen atoms in total. The molecule has 1 saturated heterocycles. The van der Waals surface area contributed by atoms with Crippen molar-refractivity contribution in [1.29, 1.82) is 0 Å². The van der Waals surface area contributed by atoms with Crippen molar-refractivity contribution in [3.05, 3.63) is 22.3 Å². The summed E-state index contributed by atoms with van der Waals surface area (Å²) in [6.07, 6.45) is -1.96. The van der Waals surface area contributed by atoms with E-state index in [2.05, 4.69) is 21.2 Å². The van der Waals surface area contributed by atoms with E-state index in [0.29, 0.717) is 24.7 Å². The molecule has 0 aromatic heterocycles. The van der Waals surface area contributed by atoms with Crippen LogP contribution in [0.25, 0.3) is 0 Å². The third-order valence-electron chi connectivity index (χ3n) is 3.33. The van der Waals surface area contributed by atoms with Crippen LogP contribution in [0.2, 0.25) is 0 Å². The number of allylic oxidation sites excluding steroid dienone is 3. The Balaban J connectivity index is 3.14. The third-order valence-corrected chi connectivity index (χ3v) is 3.79. The summed E-state index contributed by atoms with van der Waals surface area (Å²) in [7, 11) is 1.79. The van der Waals surface area contributed by atoms with Crippen LogP contribution in [-0.4, -0.2) is 37.1 Å². The van der Waals surface area contributed by atoms with Crippen LogP contribution in [0, 0.1) is 11.8 Å². The van der Waals surface area contributed by atoms with Crippen LogP contribution < -0.4 is 5.32 Å². The van der Waals surface area contributed by atoms with Crippen molar-refractivity contribution in [2.75, 3.05) is 20.1 Å². The summed E-state index contributed by atoms with van der Waals surface area (Å²) in [5, 5.41) is 3.03. The van der Waals surface area contributed by atoms with E-state index < -0.39 is 6.18 Å². The van der Waals surface area contributed by atoms with Crippen molar-refractivity contribution < 1.29 is 18.0 Å². The van der Waals surface area contributed by atoms with E-state index in [1.807, 2.05) is 6.92 Å². The summed E-state index contributed by atoms with van der Waals surface area (Å²) >= 11 is 2.93. The molecule has 2 unspecified atom stereocenters. The molecule has 1 fully saturated rings. The number of halogens is 4. The van der Waals surface area contributed by atoms with E-state index >= 15 is 0 Å². The van der Waals surface area contributed by atoms with Crippen LogP contribution in [-0.2, 0) is 4.79 Å². The Morgan fingerprint density at radius 1 is 1.52 bits per heavy atom. The van der Waals surface area contributed by atoms with Gasteiger partial charge in [-0.05, 0) is 25.5 Å². The number of carbonyl (C=O) groups excluding carboxylic acids is 1. The summed E-state index contributed by atoms with van der Waals surface area (Å²) in [6.45, 7) is 4.62. The van der Waals surface area contributed by atoms with Gasteiger partial charge in [-0.1, -0.05) is 22.9 Å². The Kier molecular flexibility index (Phi) is 6.46. The third kappa shape index (κ3) is 5.82. The highest BCUT2D eigenvalue weighted by Gasteiger charge is 2.31. The van der Waals surface area contributed by atoms with Gasteiger partial charge in [0.05, 0.1) is 0 Å². The van der Waals surface area contributed by atoms with Gasteiger partial charge in [-0.2, -0.15) is 13.2 Å². The average molecular weight is 369 g/mol. The minimum Gasteiger partial charge on any atom is -0.319 e. The van der Waals surface area contributed by atoms with E-state index in [4.69, 9.17) is 0 Å². The van der Waals surface area contributed by atoms with Crippen molar-refractivity contribution >= 4 is 21.8 Å². The number of rotatable bonds is 3. The standard InChI is InChI=1S/C14H20BrF3N2O/c1-9-4-11(7-19-3)13(20(8-9)10(2)21)5-12(15)6-14(16,17)18/h5-6,9,11,19H,4,7-8H2,1-3H3/b12-6-,13-5-. The molecule has 7 heteroatoms. The molecule has 0 bridgehead atoms. The van der Waals surface area contributed by atoms with Gasteiger partial charge in [0.15, 0.2) is 0 Å². The fraction of sp³-hybridized carbons (Fsp3) is 0.643. The molecule has 1 amide bonds. The van der Waals surface area contributed by atoms with Crippen molar-refractivity contribution in [3.63, 3.8) is 0 Å². The average Bonchev–Trinajstić information content (AvgIpc) is 2.29. The highest BCUT2D eigenvalue weighted by atomic mass is 79.9. The van der Waals surface area contributed by atoms with Crippen LogP contribution in [0.5, 0.6) is 0 Å². The van der Waals surface area contributed by atoms with Gasteiger partial charge in [0.25, 0.3) is 0 Å². The molecule has 120 valence electrons. The number of carbonyl (C=O) groups is 1. The monoisotopic (exact) mass is 368 g/mol. The molecule has 0 aromatic carbocycles. The number of hydrogen-bond donors (Lipinski definition) is 1. The molecule has 0 aliphatic carbocycles. The number of likely N-dealkylation sites (tertiary alicyclic amines) is 1. The smallest absolute Gasteiger partial charge is 0.319 e. The van der Waals surface area contributed by atoms with Gasteiger partial charge in [-0.25, -0.2) is 0 Å². The van der Waals surface area contributed by atoms with Crippen molar-refractivity contribution in [3.8, 4) is 0 Å².